The molecule has 0 saturated carbocycles. The SMILES string of the molecule is CCS(=O)(=O)Cc1ncc(C(=N)N)s1. The summed E-state index contributed by atoms with van der Waals surface area (Å²) < 4.78 is 22.5. The highest BCUT2D eigenvalue weighted by atomic mass is 32.2. The molecule has 0 saturated heterocycles. The van der Waals surface area contributed by atoms with Gasteiger partial charge in [0.25, 0.3) is 0 Å². The second-order valence-electron chi connectivity index (χ2n) is 2.71. The first-order valence-corrected chi connectivity index (χ1v) is 6.58. The quantitative estimate of drug-likeness (QED) is 0.579. The predicted molar refractivity (Wildman–Crippen MR) is 56.3 cm³/mol. The molecule has 0 aliphatic heterocycles. The van der Waals surface area contributed by atoms with E-state index in [2.05, 4.69) is 4.98 Å². The zero-order valence-corrected chi connectivity index (χ0v) is 9.28. The third-order valence-corrected chi connectivity index (χ3v) is 4.41. The summed E-state index contributed by atoms with van der Waals surface area (Å²) in [5, 5.41) is 7.61. The van der Waals surface area contributed by atoms with Crippen molar-refractivity contribution in [1.29, 1.82) is 5.41 Å². The molecule has 0 unspecified atom stereocenters. The first-order chi connectivity index (χ1) is 6.44. The molecule has 0 bridgehead atoms. The standard InChI is InChI=1S/C7H11N3O2S2/c1-2-14(11,12)4-6-10-3-5(13-6)7(8)9/h3H,2,4H2,1H3,(H3,8,9). The lowest BCUT2D eigenvalue weighted by Crippen LogP contribution is -2.08. The van der Waals surface area contributed by atoms with E-state index >= 15 is 0 Å². The predicted octanol–water partition coefficient (Wildman–Crippen LogP) is 0.362. The van der Waals surface area contributed by atoms with Gasteiger partial charge in [-0.15, -0.1) is 11.3 Å². The van der Waals surface area contributed by atoms with Crippen molar-refractivity contribution in [2.45, 2.75) is 12.7 Å². The Morgan fingerprint density at radius 3 is 2.79 bits per heavy atom. The number of nitrogens with one attached hydrogen (secondary N) is 1. The fourth-order valence-corrected chi connectivity index (χ4v) is 2.80. The van der Waals surface area contributed by atoms with Crippen LogP contribution in [0.5, 0.6) is 0 Å². The molecule has 1 heterocycles. The molecule has 0 aromatic carbocycles. The summed E-state index contributed by atoms with van der Waals surface area (Å²) in [5.74, 6) is -0.0497. The van der Waals surface area contributed by atoms with Crippen LogP contribution in [0.1, 0.15) is 16.8 Å². The summed E-state index contributed by atoms with van der Waals surface area (Å²) in [6, 6.07) is 0. The van der Waals surface area contributed by atoms with Gasteiger partial charge in [-0.2, -0.15) is 0 Å². The molecule has 1 rings (SSSR count). The van der Waals surface area contributed by atoms with Gasteiger partial charge in [-0.25, -0.2) is 13.4 Å². The zero-order valence-electron chi connectivity index (χ0n) is 7.65. The van der Waals surface area contributed by atoms with Gasteiger partial charge in [0.2, 0.25) is 0 Å². The number of hydrogen-bond donors (Lipinski definition) is 2. The molecule has 14 heavy (non-hydrogen) atoms. The van der Waals surface area contributed by atoms with Crippen molar-refractivity contribution in [3.05, 3.63) is 16.1 Å². The van der Waals surface area contributed by atoms with Gasteiger partial charge in [-0.3, -0.25) is 5.41 Å². The summed E-state index contributed by atoms with van der Waals surface area (Å²) in [6.07, 6.45) is 1.42. The third-order valence-electron chi connectivity index (χ3n) is 1.60. The maximum Gasteiger partial charge on any atom is 0.156 e. The van der Waals surface area contributed by atoms with E-state index in [1.807, 2.05) is 0 Å². The average molecular weight is 233 g/mol. The van der Waals surface area contributed by atoms with E-state index in [9.17, 15) is 8.42 Å². The number of sulfone groups is 1. The number of nitrogens with zero attached hydrogens (tertiary/aromatic N) is 1. The minimum absolute atomic E-state index is 0.0680. The van der Waals surface area contributed by atoms with Gasteiger partial charge in [0.05, 0.1) is 4.88 Å². The fraction of sp³-hybridized carbons (Fsp3) is 0.429. The largest absolute Gasteiger partial charge is 0.383 e. The number of hydrogen-bond acceptors (Lipinski definition) is 5. The first kappa shape index (κ1) is 11.1. The van der Waals surface area contributed by atoms with Crippen LogP contribution in [-0.2, 0) is 15.6 Å². The second-order valence-corrected chi connectivity index (χ2v) is 6.18. The molecule has 78 valence electrons. The summed E-state index contributed by atoms with van der Waals surface area (Å²) >= 11 is 1.14. The molecule has 0 spiro atoms. The summed E-state index contributed by atoms with van der Waals surface area (Å²) in [5.41, 5.74) is 5.23. The van der Waals surface area contributed by atoms with E-state index in [0.29, 0.717) is 9.88 Å². The first-order valence-electron chi connectivity index (χ1n) is 3.94. The summed E-state index contributed by atoms with van der Waals surface area (Å²) in [6.45, 7) is 1.59. The van der Waals surface area contributed by atoms with Gasteiger partial charge >= 0.3 is 0 Å². The smallest absolute Gasteiger partial charge is 0.156 e. The van der Waals surface area contributed by atoms with Crippen molar-refractivity contribution in [1.82, 2.24) is 4.98 Å². The number of thiazole rings is 1. The molecular formula is C7H11N3O2S2. The molecular weight excluding hydrogens is 222 g/mol. The van der Waals surface area contributed by atoms with Crippen molar-refractivity contribution < 1.29 is 8.42 Å². The second kappa shape index (κ2) is 4.05. The zero-order chi connectivity index (χ0) is 10.8. The summed E-state index contributed by atoms with van der Waals surface area (Å²) in [7, 11) is -3.05. The molecule has 0 amide bonds. The van der Waals surface area contributed by atoms with Crippen LogP contribution in [0.25, 0.3) is 0 Å². The van der Waals surface area contributed by atoms with Crippen LogP contribution >= 0.6 is 11.3 Å². The van der Waals surface area contributed by atoms with E-state index in [0.717, 1.165) is 11.3 Å². The maximum absolute atomic E-state index is 11.2. The van der Waals surface area contributed by atoms with Crippen LogP contribution in [0.3, 0.4) is 0 Å². The number of rotatable bonds is 4. The fourth-order valence-electron chi connectivity index (χ4n) is 0.792. The Morgan fingerprint density at radius 2 is 2.36 bits per heavy atom. The van der Waals surface area contributed by atoms with Gasteiger partial charge in [-0.1, -0.05) is 6.92 Å². The topological polar surface area (TPSA) is 96.9 Å². The Balaban J connectivity index is 2.84. The van der Waals surface area contributed by atoms with E-state index in [4.69, 9.17) is 11.1 Å². The number of amidine groups is 1. The number of nitrogens with two attached hydrogens (primary N) is 1. The van der Waals surface area contributed by atoms with Gasteiger partial charge < -0.3 is 5.73 Å². The average Bonchev–Trinajstić information content (AvgIpc) is 2.52. The Bertz CT molecular complexity index is 436. The van der Waals surface area contributed by atoms with Crippen molar-refractivity contribution in [2.75, 3.05) is 5.75 Å². The van der Waals surface area contributed by atoms with Gasteiger partial charge in [0.15, 0.2) is 9.84 Å². The molecule has 0 atom stereocenters. The highest BCUT2D eigenvalue weighted by Crippen LogP contribution is 2.15. The highest BCUT2D eigenvalue weighted by Gasteiger charge is 2.12. The third kappa shape index (κ3) is 2.78. The monoisotopic (exact) mass is 233 g/mol. The molecule has 0 aliphatic rings. The Labute approximate surface area is 86.4 Å². The number of aromatic nitrogens is 1. The number of nitrogen functional groups attached to an aromatic ring is 1. The lowest BCUT2D eigenvalue weighted by molar-refractivity contribution is 0.596. The summed E-state index contributed by atoms with van der Waals surface area (Å²) in [4.78, 5) is 4.39. The Morgan fingerprint density at radius 1 is 1.71 bits per heavy atom. The van der Waals surface area contributed by atoms with Crippen LogP contribution in [0.2, 0.25) is 0 Å². The Kier molecular flexibility index (Phi) is 3.22. The molecule has 5 nitrogen and oxygen atoms in total. The van der Waals surface area contributed by atoms with Gasteiger partial charge in [-0.05, 0) is 0 Å². The molecule has 3 N–H and O–H groups in total. The van der Waals surface area contributed by atoms with Crippen molar-refractivity contribution in [2.24, 2.45) is 5.73 Å². The molecule has 0 aliphatic carbocycles. The van der Waals surface area contributed by atoms with Crippen LogP contribution in [-0.4, -0.2) is 25.0 Å². The van der Waals surface area contributed by atoms with Crippen molar-refractivity contribution in [3.8, 4) is 0 Å². The molecule has 0 fully saturated rings. The minimum atomic E-state index is -3.05. The Hall–Kier alpha value is -0.950. The van der Waals surface area contributed by atoms with E-state index in [-0.39, 0.29) is 17.3 Å². The maximum atomic E-state index is 11.2. The van der Waals surface area contributed by atoms with Crippen LogP contribution in [0.15, 0.2) is 6.20 Å². The lowest BCUT2D eigenvalue weighted by atomic mass is 10.5. The van der Waals surface area contributed by atoms with E-state index < -0.39 is 9.84 Å². The normalized spacial score (nSPS) is 11.5. The van der Waals surface area contributed by atoms with Crippen LogP contribution in [0.4, 0.5) is 0 Å². The highest BCUT2D eigenvalue weighted by molar-refractivity contribution is 7.90. The van der Waals surface area contributed by atoms with Crippen LogP contribution < -0.4 is 5.73 Å². The molecule has 0 radical (unpaired) electrons. The molecule has 1 aromatic rings. The van der Waals surface area contributed by atoms with E-state index in [1.54, 1.807) is 6.92 Å². The minimum Gasteiger partial charge on any atom is -0.383 e. The molecule has 7 heteroatoms. The van der Waals surface area contributed by atoms with Crippen molar-refractivity contribution in [3.63, 3.8) is 0 Å². The van der Waals surface area contributed by atoms with Crippen LogP contribution in [0, 0.1) is 5.41 Å². The molecule has 1 aromatic heterocycles. The van der Waals surface area contributed by atoms with Gasteiger partial charge in [0.1, 0.15) is 16.6 Å². The van der Waals surface area contributed by atoms with Crippen molar-refractivity contribution >= 4 is 27.0 Å². The van der Waals surface area contributed by atoms with E-state index in [1.165, 1.54) is 6.20 Å². The lowest BCUT2D eigenvalue weighted by Gasteiger charge is -1.95. The van der Waals surface area contributed by atoms with Gasteiger partial charge in [0, 0.05) is 11.9 Å².